The van der Waals surface area contributed by atoms with Crippen LogP contribution in [-0.2, 0) is 0 Å². The van der Waals surface area contributed by atoms with Crippen LogP contribution in [0.3, 0.4) is 0 Å². The van der Waals surface area contributed by atoms with Gasteiger partial charge < -0.3 is 10.0 Å². The molecule has 1 aromatic rings. The van der Waals surface area contributed by atoms with Crippen molar-refractivity contribution in [2.45, 2.75) is 18.9 Å². The molecule has 1 aliphatic rings. The Hall–Kier alpha value is -0.860. The molecule has 0 bridgehead atoms. The number of nitrogens with zero attached hydrogens (tertiary/aromatic N) is 1. The van der Waals surface area contributed by atoms with Crippen molar-refractivity contribution >= 4 is 0 Å². The van der Waals surface area contributed by atoms with Crippen LogP contribution in [0, 0.1) is 5.92 Å². The van der Waals surface area contributed by atoms with Gasteiger partial charge in [-0.05, 0) is 18.5 Å². The molecular formula is C13H19NO. The molecule has 0 aliphatic carbocycles. The first-order valence-electron chi connectivity index (χ1n) is 5.60. The van der Waals surface area contributed by atoms with Crippen LogP contribution < -0.4 is 0 Å². The van der Waals surface area contributed by atoms with E-state index in [-0.39, 0.29) is 6.10 Å². The van der Waals surface area contributed by atoms with Gasteiger partial charge in [-0.2, -0.15) is 0 Å². The molecular weight excluding hydrogens is 186 g/mol. The molecule has 0 aromatic heterocycles. The highest BCUT2D eigenvalue weighted by molar-refractivity contribution is 5.20. The molecule has 2 rings (SSSR count). The Morgan fingerprint density at radius 3 is 2.47 bits per heavy atom. The summed E-state index contributed by atoms with van der Waals surface area (Å²) in [6.07, 6.45) is -0.176. The fourth-order valence-corrected chi connectivity index (χ4v) is 2.51. The van der Waals surface area contributed by atoms with Crippen molar-refractivity contribution in [3.05, 3.63) is 35.9 Å². The monoisotopic (exact) mass is 205 g/mol. The second-order valence-corrected chi connectivity index (χ2v) is 4.65. The van der Waals surface area contributed by atoms with E-state index < -0.39 is 0 Å². The summed E-state index contributed by atoms with van der Waals surface area (Å²) < 4.78 is 0. The molecule has 1 aromatic carbocycles. The summed E-state index contributed by atoms with van der Waals surface area (Å²) in [6, 6.07) is 10.5. The predicted octanol–water partition coefficient (Wildman–Crippen LogP) is 1.71. The topological polar surface area (TPSA) is 23.5 Å². The third kappa shape index (κ3) is 2.21. The summed E-state index contributed by atoms with van der Waals surface area (Å²) in [5.41, 5.74) is 1.33. The van der Waals surface area contributed by atoms with Crippen LogP contribution in [0.15, 0.2) is 30.3 Å². The number of β-amino-alcohol motifs (C(OH)–C–C–N with tert-alkyl or cyclic N) is 1. The van der Waals surface area contributed by atoms with Crippen LogP contribution in [0.25, 0.3) is 0 Å². The molecule has 0 saturated carbocycles. The van der Waals surface area contributed by atoms with Crippen LogP contribution in [0.4, 0.5) is 0 Å². The molecule has 0 spiro atoms. The van der Waals surface area contributed by atoms with Gasteiger partial charge >= 0.3 is 0 Å². The van der Waals surface area contributed by atoms with Gasteiger partial charge in [0.15, 0.2) is 0 Å². The normalized spacial score (nSPS) is 29.3. The average Bonchev–Trinajstić information content (AvgIpc) is 2.58. The van der Waals surface area contributed by atoms with Crippen molar-refractivity contribution in [3.63, 3.8) is 0 Å². The van der Waals surface area contributed by atoms with Crippen molar-refractivity contribution in [2.24, 2.45) is 5.92 Å². The number of hydrogen-bond donors (Lipinski definition) is 1. The van der Waals surface area contributed by atoms with E-state index in [4.69, 9.17) is 0 Å². The van der Waals surface area contributed by atoms with Crippen molar-refractivity contribution in [1.82, 2.24) is 4.90 Å². The lowest BCUT2D eigenvalue weighted by molar-refractivity contribution is 0.133. The van der Waals surface area contributed by atoms with E-state index in [1.807, 2.05) is 6.07 Å². The summed E-state index contributed by atoms with van der Waals surface area (Å²) in [4.78, 5) is 2.20. The minimum absolute atomic E-state index is 0.176. The number of likely N-dealkylation sites (tertiary alicyclic amines) is 1. The van der Waals surface area contributed by atoms with E-state index in [0.717, 1.165) is 13.1 Å². The molecule has 1 aliphatic heterocycles. The van der Waals surface area contributed by atoms with Gasteiger partial charge in [0.25, 0.3) is 0 Å². The van der Waals surface area contributed by atoms with Crippen LogP contribution in [0.5, 0.6) is 0 Å². The summed E-state index contributed by atoms with van der Waals surface area (Å²) in [5.74, 6) is 0.809. The predicted molar refractivity (Wildman–Crippen MR) is 61.9 cm³/mol. The summed E-state index contributed by atoms with van der Waals surface area (Å²) in [7, 11) is 2.07. The minimum atomic E-state index is -0.176. The first-order valence-corrected chi connectivity index (χ1v) is 5.60. The third-order valence-corrected chi connectivity index (χ3v) is 3.48. The molecule has 1 fully saturated rings. The molecule has 82 valence electrons. The van der Waals surface area contributed by atoms with Gasteiger partial charge in [-0.1, -0.05) is 37.3 Å². The van der Waals surface area contributed by atoms with Crippen LogP contribution in [0.2, 0.25) is 0 Å². The lowest BCUT2D eigenvalue weighted by atomic mass is 9.86. The van der Waals surface area contributed by atoms with E-state index in [2.05, 4.69) is 43.1 Å². The molecule has 1 unspecified atom stereocenters. The van der Waals surface area contributed by atoms with Gasteiger partial charge in [0.05, 0.1) is 6.10 Å². The zero-order chi connectivity index (χ0) is 10.8. The Morgan fingerprint density at radius 2 is 1.93 bits per heavy atom. The van der Waals surface area contributed by atoms with Gasteiger partial charge in [0, 0.05) is 19.0 Å². The van der Waals surface area contributed by atoms with Gasteiger partial charge in [-0.3, -0.25) is 0 Å². The maximum Gasteiger partial charge on any atom is 0.0713 e. The van der Waals surface area contributed by atoms with Gasteiger partial charge in [-0.15, -0.1) is 0 Å². The van der Waals surface area contributed by atoms with Crippen molar-refractivity contribution in [3.8, 4) is 0 Å². The molecule has 1 N–H and O–H groups in total. The molecule has 15 heavy (non-hydrogen) atoms. The van der Waals surface area contributed by atoms with Gasteiger partial charge in [0.2, 0.25) is 0 Å². The molecule has 3 atom stereocenters. The van der Waals surface area contributed by atoms with E-state index in [0.29, 0.717) is 11.8 Å². The Morgan fingerprint density at radius 1 is 1.27 bits per heavy atom. The van der Waals surface area contributed by atoms with Gasteiger partial charge in [0.1, 0.15) is 0 Å². The Labute approximate surface area is 91.5 Å². The summed E-state index contributed by atoms with van der Waals surface area (Å²) >= 11 is 0. The molecule has 2 nitrogen and oxygen atoms in total. The molecule has 0 amide bonds. The third-order valence-electron chi connectivity index (χ3n) is 3.48. The maximum atomic E-state index is 9.95. The smallest absolute Gasteiger partial charge is 0.0713 e. The first-order chi connectivity index (χ1) is 7.18. The summed E-state index contributed by atoms with van der Waals surface area (Å²) in [6.45, 7) is 4.02. The number of benzene rings is 1. The van der Waals surface area contributed by atoms with E-state index in [1.165, 1.54) is 5.56 Å². The van der Waals surface area contributed by atoms with Crippen LogP contribution in [-0.4, -0.2) is 36.2 Å². The highest BCUT2D eigenvalue weighted by Gasteiger charge is 2.33. The van der Waals surface area contributed by atoms with Crippen LogP contribution >= 0.6 is 0 Å². The number of aliphatic hydroxyl groups is 1. The lowest BCUT2D eigenvalue weighted by Crippen LogP contribution is -2.23. The van der Waals surface area contributed by atoms with Crippen molar-refractivity contribution in [2.75, 3.05) is 20.1 Å². The average molecular weight is 205 g/mol. The number of hydrogen-bond acceptors (Lipinski definition) is 2. The van der Waals surface area contributed by atoms with Crippen molar-refractivity contribution < 1.29 is 5.11 Å². The maximum absolute atomic E-state index is 9.95. The SMILES string of the molecule is CC(c1ccccc1)[C@H]1CN(C)C[C@@H]1O. The van der Waals surface area contributed by atoms with Gasteiger partial charge in [-0.25, -0.2) is 0 Å². The zero-order valence-electron chi connectivity index (χ0n) is 9.43. The van der Waals surface area contributed by atoms with E-state index >= 15 is 0 Å². The number of rotatable bonds is 2. The Kier molecular flexibility index (Phi) is 3.08. The zero-order valence-corrected chi connectivity index (χ0v) is 9.43. The van der Waals surface area contributed by atoms with E-state index in [9.17, 15) is 5.11 Å². The number of aliphatic hydroxyl groups excluding tert-OH is 1. The molecule has 1 heterocycles. The molecule has 2 heteroatoms. The molecule has 1 saturated heterocycles. The number of likely N-dealkylation sites (N-methyl/N-ethyl adjacent to an activating group) is 1. The first kappa shape index (κ1) is 10.7. The highest BCUT2D eigenvalue weighted by atomic mass is 16.3. The van der Waals surface area contributed by atoms with E-state index in [1.54, 1.807) is 0 Å². The Bertz CT molecular complexity index is 312. The second kappa shape index (κ2) is 4.33. The summed E-state index contributed by atoms with van der Waals surface area (Å²) in [5, 5.41) is 9.95. The fourth-order valence-electron chi connectivity index (χ4n) is 2.51. The largest absolute Gasteiger partial charge is 0.391 e. The minimum Gasteiger partial charge on any atom is -0.391 e. The standard InChI is InChI=1S/C13H19NO/c1-10(11-6-4-3-5-7-11)12-8-14(2)9-13(12)15/h3-7,10,12-13,15H,8-9H2,1-2H3/t10?,12-,13+/m1/s1. The van der Waals surface area contributed by atoms with Crippen molar-refractivity contribution in [1.29, 1.82) is 0 Å². The molecule has 0 radical (unpaired) electrons. The lowest BCUT2D eigenvalue weighted by Gasteiger charge is -2.22. The Balaban J connectivity index is 2.11. The van der Waals surface area contributed by atoms with Crippen LogP contribution in [0.1, 0.15) is 18.4 Å². The quantitative estimate of drug-likeness (QED) is 0.794. The fraction of sp³-hybridized carbons (Fsp3) is 0.538. The second-order valence-electron chi connectivity index (χ2n) is 4.65. The highest BCUT2D eigenvalue weighted by Crippen LogP contribution is 2.31.